The number of para-hydroxylation sites is 2. The largest absolute Gasteiger partial charge is 0.378 e. The van der Waals surface area contributed by atoms with Crippen LogP contribution in [0.5, 0.6) is 0 Å². The van der Waals surface area contributed by atoms with Gasteiger partial charge < -0.3 is 14.5 Å². The number of imidazole rings is 1. The summed E-state index contributed by atoms with van der Waals surface area (Å²) in [7, 11) is 1.91. The molecule has 0 unspecified atom stereocenters. The fourth-order valence-electron chi connectivity index (χ4n) is 5.42. The highest BCUT2D eigenvalue weighted by atomic mass is 19.3. The van der Waals surface area contributed by atoms with Crippen LogP contribution < -0.4 is 0 Å². The maximum absolute atomic E-state index is 14.1. The van der Waals surface area contributed by atoms with Gasteiger partial charge in [-0.25, -0.2) is 18.8 Å². The van der Waals surface area contributed by atoms with Crippen molar-refractivity contribution < 1.29 is 13.5 Å². The van der Waals surface area contributed by atoms with Crippen LogP contribution >= 0.6 is 0 Å². The van der Waals surface area contributed by atoms with Crippen molar-refractivity contribution in [1.82, 2.24) is 29.1 Å². The molecule has 0 amide bonds. The van der Waals surface area contributed by atoms with Gasteiger partial charge in [0.1, 0.15) is 6.67 Å². The lowest BCUT2D eigenvalue weighted by Crippen LogP contribution is -2.58. The van der Waals surface area contributed by atoms with E-state index in [1.807, 2.05) is 31.4 Å². The van der Waals surface area contributed by atoms with Gasteiger partial charge in [-0.3, -0.25) is 9.25 Å². The zero-order valence-corrected chi connectivity index (χ0v) is 22.8. The smallest absolute Gasteiger partial charge is 0.296 e. The Balaban J connectivity index is 1.39. The van der Waals surface area contributed by atoms with E-state index in [2.05, 4.69) is 45.9 Å². The molecule has 40 heavy (non-hydrogen) atoms. The number of aromatic nitrogens is 4. The third-order valence-electron chi connectivity index (χ3n) is 7.43. The van der Waals surface area contributed by atoms with Crippen molar-refractivity contribution in [2.24, 2.45) is 17.0 Å². The van der Waals surface area contributed by atoms with E-state index in [-0.39, 0.29) is 18.5 Å². The van der Waals surface area contributed by atoms with Crippen molar-refractivity contribution >= 4 is 23.0 Å². The van der Waals surface area contributed by atoms with E-state index in [1.165, 1.54) is 4.57 Å². The van der Waals surface area contributed by atoms with E-state index in [0.29, 0.717) is 49.7 Å². The van der Waals surface area contributed by atoms with Gasteiger partial charge in [-0.05, 0) is 44.0 Å². The molecule has 0 aliphatic carbocycles. The SMILES string of the molecule is Cn1ccc(-c2ccccc2CC(C)(C)N2CN=C(n3c(C(F)F)nc4ccccc43)N=C2N2CCOCC2)n1. The number of morpholine rings is 1. The van der Waals surface area contributed by atoms with Crippen molar-refractivity contribution in [2.45, 2.75) is 32.2 Å². The molecule has 1 fully saturated rings. The number of rotatable bonds is 5. The first-order valence-electron chi connectivity index (χ1n) is 13.4. The Hall–Kier alpha value is -4.12. The quantitative estimate of drug-likeness (QED) is 0.367. The molecule has 6 rings (SSSR count). The van der Waals surface area contributed by atoms with Crippen molar-refractivity contribution in [3.63, 3.8) is 0 Å². The van der Waals surface area contributed by atoms with Gasteiger partial charge in [0.2, 0.25) is 11.9 Å². The van der Waals surface area contributed by atoms with Gasteiger partial charge in [-0.1, -0.05) is 36.4 Å². The average molecular weight is 547 g/mol. The summed E-state index contributed by atoms with van der Waals surface area (Å²) < 4.78 is 37.1. The number of aryl methyl sites for hydroxylation is 1. The first-order chi connectivity index (χ1) is 19.3. The minimum Gasteiger partial charge on any atom is -0.378 e. The van der Waals surface area contributed by atoms with Gasteiger partial charge in [0.25, 0.3) is 6.43 Å². The topological polar surface area (TPSA) is 76.1 Å². The van der Waals surface area contributed by atoms with Gasteiger partial charge in [0.15, 0.2) is 5.82 Å². The number of ether oxygens (including phenoxy) is 1. The summed E-state index contributed by atoms with van der Waals surface area (Å²) in [6.45, 7) is 7.02. The van der Waals surface area contributed by atoms with Gasteiger partial charge in [0, 0.05) is 37.4 Å². The number of alkyl halides is 2. The highest BCUT2D eigenvalue weighted by molar-refractivity contribution is 6.01. The second-order valence-electron chi connectivity index (χ2n) is 10.7. The highest BCUT2D eigenvalue weighted by Crippen LogP contribution is 2.31. The number of halogens is 2. The van der Waals surface area contributed by atoms with E-state index in [4.69, 9.17) is 14.7 Å². The standard InChI is InChI=1S/C29H32F2N8O/c1-29(2,18-20-8-4-5-9-21(20)22-12-13-36(3)35-22)38-19-32-27(34-28(38)37-14-16-40-17-15-37)39-24-11-7-6-10-23(24)33-26(39)25(30)31/h4-13,25H,14-19H2,1-3H3. The zero-order chi connectivity index (χ0) is 27.9. The van der Waals surface area contributed by atoms with Gasteiger partial charge >= 0.3 is 0 Å². The van der Waals surface area contributed by atoms with Crippen LogP contribution in [0.15, 0.2) is 70.8 Å². The summed E-state index contributed by atoms with van der Waals surface area (Å²) in [5, 5.41) is 4.62. The molecule has 4 aromatic rings. The Labute approximate surface area is 231 Å². The number of aliphatic imine (C=N–C) groups is 2. The van der Waals surface area contributed by atoms with Gasteiger partial charge in [-0.15, -0.1) is 0 Å². The van der Waals surface area contributed by atoms with Gasteiger partial charge in [0.05, 0.1) is 29.9 Å². The number of nitrogens with zero attached hydrogens (tertiary/aromatic N) is 8. The van der Waals surface area contributed by atoms with Crippen LogP contribution in [-0.4, -0.2) is 79.6 Å². The molecular formula is C29H32F2N8O. The third kappa shape index (κ3) is 4.85. The lowest BCUT2D eigenvalue weighted by Gasteiger charge is -2.45. The molecule has 2 aliphatic heterocycles. The molecule has 1 saturated heterocycles. The Morgan fingerprint density at radius 2 is 1.75 bits per heavy atom. The molecule has 11 heteroatoms. The summed E-state index contributed by atoms with van der Waals surface area (Å²) in [6, 6.07) is 17.4. The van der Waals surface area contributed by atoms with Crippen molar-refractivity contribution in [1.29, 1.82) is 0 Å². The van der Waals surface area contributed by atoms with Crippen LogP contribution in [0.2, 0.25) is 0 Å². The number of hydrogen-bond acceptors (Lipinski definition) is 7. The average Bonchev–Trinajstić information content (AvgIpc) is 3.57. The zero-order valence-electron chi connectivity index (χ0n) is 22.8. The molecule has 0 saturated carbocycles. The third-order valence-corrected chi connectivity index (χ3v) is 7.43. The van der Waals surface area contributed by atoms with E-state index in [1.54, 1.807) is 28.9 Å². The molecule has 2 aromatic heterocycles. The minimum atomic E-state index is -2.77. The molecule has 2 aliphatic rings. The monoisotopic (exact) mass is 546 g/mol. The summed E-state index contributed by atoms with van der Waals surface area (Å²) in [4.78, 5) is 18.2. The number of benzene rings is 2. The maximum Gasteiger partial charge on any atom is 0.296 e. The second-order valence-corrected chi connectivity index (χ2v) is 10.7. The van der Waals surface area contributed by atoms with E-state index >= 15 is 0 Å². The van der Waals surface area contributed by atoms with E-state index < -0.39 is 12.0 Å². The second kappa shape index (κ2) is 10.5. The fourth-order valence-corrected chi connectivity index (χ4v) is 5.42. The molecule has 4 heterocycles. The molecule has 0 N–H and O–H groups in total. The Morgan fingerprint density at radius 3 is 2.50 bits per heavy atom. The molecule has 9 nitrogen and oxygen atoms in total. The van der Waals surface area contributed by atoms with Crippen LogP contribution in [0.4, 0.5) is 8.78 Å². The van der Waals surface area contributed by atoms with E-state index in [9.17, 15) is 8.78 Å². The Bertz CT molecular complexity index is 1580. The fraction of sp³-hybridized carbons (Fsp3) is 0.379. The maximum atomic E-state index is 14.1. The summed E-state index contributed by atoms with van der Waals surface area (Å²) in [5.41, 5.74) is 3.77. The minimum absolute atomic E-state index is 0.214. The summed E-state index contributed by atoms with van der Waals surface area (Å²) in [6.07, 6.45) is -0.131. The molecule has 0 bridgehead atoms. The molecule has 0 radical (unpaired) electrons. The number of fused-ring (bicyclic) bond motifs is 1. The first kappa shape index (κ1) is 26.1. The Morgan fingerprint density at radius 1 is 1.00 bits per heavy atom. The Kier molecular flexibility index (Phi) is 6.83. The van der Waals surface area contributed by atoms with Crippen LogP contribution in [0.25, 0.3) is 22.3 Å². The highest BCUT2D eigenvalue weighted by Gasteiger charge is 2.37. The van der Waals surface area contributed by atoms with Crippen molar-refractivity contribution in [3.05, 3.63) is 72.2 Å². The molecule has 0 spiro atoms. The molecule has 2 aromatic carbocycles. The van der Waals surface area contributed by atoms with Gasteiger partial charge in [-0.2, -0.15) is 10.1 Å². The number of hydrogen-bond donors (Lipinski definition) is 0. The lowest BCUT2D eigenvalue weighted by molar-refractivity contribution is 0.0563. The molecular weight excluding hydrogens is 514 g/mol. The number of guanidine groups is 1. The summed E-state index contributed by atoms with van der Waals surface area (Å²) >= 11 is 0. The predicted molar refractivity (Wildman–Crippen MR) is 150 cm³/mol. The van der Waals surface area contributed by atoms with Crippen LogP contribution in [-0.2, 0) is 18.2 Å². The van der Waals surface area contributed by atoms with Crippen molar-refractivity contribution in [2.75, 3.05) is 33.0 Å². The van der Waals surface area contributed by atoms with Crippen LogP contribution in [0.1, 0.15) is 31.7 Å². The lowest BCUT2D eigenvalue weighted by atomic mass is 9.89. The first-order valence-corrected chi connectivity index (χ1v) is 13.4. The molecule has 0 atom stereocenters. The van der Waals surface area contributed by atoms with Crippen molar-refractivity contribution in [3.8, 4) is 11.3 Å². The van der Waals surface area contributed by atoms with E-state index in [0.717, 1.165) is 16.8 Å². The van der Waals surface area contributed by atoms with Crippen LogP contribution in [0.3, 0.4) is 0 Å². The summed E-state index contributed by atoms with van der Waals surface area (Å²) in [5.74, 6) is 0.556. The predicted octanol–water partition coefficient (Wildman–Crippen LogP) is 4.56. The normalized spacial score (nSPS) is 16.6. The van der Waals surface area contributed by atoms with Crippen LogP contribution in [0, 0.1) is 0 Å². The molecule has 208 valence electrons.